The predicted molar refractivity (Wildman–Crippen MR) is 60.8 cm³/mol. The van der Waals surface area contributed by atoms with Crippen LogP contribution in [-0.4, -0.2) is 18.1 Å². The second-order valence-electron chi connectivity index (χ2n) is 3.01. The molecule has 2 rings (SSSR count). The van der Waals surface area contributed by atoms with E-state index in [1.807, 2.05) is 18.2 Å². The maximum atomic E-state index is 11.5. The SMILES string of the molecule is COC(=O)c1ccnc2ccc(Br)cc12. The summed E-state index contributed by atoms with van der Waals surface area (Å²) in [4.78, 5) is 15.6. The Bertz CT molecular complexity index is 525. The van der Waals surface area contributed by atoms with Gasteiger partial charge >= 0.3 is 5.97 Å². The molecule has 0 saturated heterocycles. The number of hydrogen-bond acceptors (Lipinski definition) is 3. The van der Waals surface area contributed by atoms with E-state index < -0.39 is 0 Å². The van der Waals surface area contributed by atoms with Gasteiger partial charge in [-0.1, -0.05) is 15.9 Å². The third kappa shape index (κ3) is 1.85. The lowest BCUT2D eigenvalue weighted by Gasteiger charge is -2.03. The molecule has 4 heteroatoms. The lowest BCUT2D eigenvalue weighted by atomic mass is 10.1. The van der Waals surface area contributed by atoms with Gasteiger partial charge in [-0.05, 0) is 24.3 Å². The summed E-state index contributed by atoms with van der Waals surface area (Å²) in [6, 6.07) is 7.25. The zero-order valence-electron chi connectivity index (χ0n) is 8.03. The Hall–Kier alpha value is -1.42. The number of halogens is 1. The van der Waals surface area contributed by atoms with E-state index in [2.05, 4.69) is 20.9 Å². The fourth-order valence-electron chi connectivity index (χ4n) is 1.41. The van der Waals surface area contributed by atoms with E-state index in [1.54, 1.807) is 12.3 Å². The van der Waals surface area contributed by atoms with Crippen LogP contribution in [0.15, 0.2) is 34.9 Å². The van der Waals surface area contributed by atoms with Crippen molar-refractivity contribution in [2.45, 2.75) is 0 Å². The first-order valence-electron chi connectivity index (χ1n) is 4.35. The van der Waals surface area contributed by atoms with Gasteiger partial charge in [0.25, 0.3) is 0 Å². The molecule has 0 aliphatic heterocycles. The van der Waals surface area contributed by atoms with Gasteiger partial charge in [-0.25, -0.2) is 4.79 Å². The number of esters is 1. The fraction of sp³-hybridized carbons (Fsp3) is 0.0909. The lowest BCUT2D eigenvalue weighted by Crippen LogP contribution is -2.02. The average molecular weight is 266 g/mol. The summed E-state index contributed by atoms with van der Waals surface area (Å²) in [7, 11) is 1.37. The Balaban J connectivity index is 2.74. The molecule has 0 N–H and O–H groups in total. The summed E-state index contributed by atoms with van der Waals surface area (Å²) in [6.45, 7) is 0. The molecule has 0 aliphatic carbocycles. The molecule has 0 amide bonds. The smallest absolute Gasteiger partial charge is 0.338 e. The van der Waals surface area contributed by atoms with Crippen molar-refractivity contribution in [1.29, 1.82) is 0 Å². The summed E-state index contributed by atoms with van der Waals surface area (Å²) in [5.74, 6) is -0.347. The number of benzene rings is 1. The predicted octanol–water partition coefficient (Wildman–Crippen LogP) is 2.78. The van der Waals surface area contributed by atoms with E-state index in [4.69, 9.17) is 4.74 Å². The van der Waals surface area contributed by atoms with Crippen LogP contribution in [0.25, 0.3) is 10.9 Å². The van der Waals surface area contributed by atoms with Gasteiger partial charge in [0.05, 0.1) is 18.2 Å². The zero-order valence-corrected chi connectivity index (χ0v) is 9.61. The number of ether oxygens (including phenoxy) is 1. The summed E-state index contributed by atoms with van der Waals surface area (Å²) in [5, 5.41) is 0.790. The number of carbonyl (C=O) groups excluding carboxylic acids is 1. The van der Waals surface area contributed by atoms with Gasteiger partial charge in [0.1, 0.15) is 0 Å². The van der Waals surface area contributed by atoms with E-state index in [1.165, 1.54) is 7.11 Å². The molecule has 76 valence electrons. The number of carbonyl (C=O) groups is 1. The molecule has 1 aromatic heterocycles. The highest BCUT2D eigenvalue weighted by Gasteiger charge is 2.10. The Morgan fingerprint density at radius 2 is 2.20 bits per heavy atom. The van der Waals surface area contributed by atoms with Gasteiger partial charge in [-0.2, -0.15) is 0 Å². The van der Waals surface area contributed by atoms with E-state index in [-0.39, 0.29) is 5.97 Å². The summed E-state index contributed by atoms with van der Waals surface area (Å²) >= 11 is 3.36. The van der Waals surface area contributed by atoms with Crippen molar-refractivity contribution in [3.63, 3.8) is 0 Å². The highest BCUT2D eigenvalue weighted by Crippen LogP contribution is 2.21. The van der Waals surface area contributed by atoms with E-state index >= 15 is 0 Å². The topological polar surface area (TPSA) is 39.2 Å². The van der Waals surface area contributed by atoms with Crippen LogP contribution in [0.1, 0.15) is 10.4 Å². The Morgan fingerprint density at radius 3 is 2.93 bits per heavy atom. The molecule has 3 nitrogen and oxygen atoms in total. The minimum atomic E-state index is -0.347. The van der Waals surface area contributed by atoms with Crippen molar-refractivity contribution in [2.75, 3.05) is 7.11 Å². The molecule has 0 aliphatic rings. The molecule has 15 heavy (non-hydrogen) atoms. The normalized spacial score (nSPS) is 10.3. The maximum absolute atomic E-state index is 11.5. The van der Waals surface area contributed by atoms with Gasteiger partial charge in [0, 0.05) is 16.1 Å². The Kier molecular flexibility index (Phi) is 2.68. The van der Waals surface area contributed by atoms with Gasteiger partial charge in [-0.3, -0.25) is 4.98 Å². The van der Waals surface area contributed by atoms with Crippen LogP contribution in [-0.2, 0) is 4.74 Å². The van der Waals surface area contributed by atoms with Crippen LogP contribution in [0.5, 0.6) is 0 Å². The van der Waals surface area contributed by atoms with Crippen molar-refractivity contribution in [2.24, 2.45) is 0 Å². The highest BCUT2D eigenvalue weighted by atomic mass is 79.9. The van der Waals surface area contributed by atoms with Crippen molar-refractivity contribution in [3.05, 3.63) is 40.5 Å². The Morgan fingerprint density at radius 1 is 1.40 bits per heavy atom. The van der Waals surface area contributed by atoms with Gasteiger partial charge in [-0.15, -0.1) is 0 Å². The molecule has 2 aromatic rings. The molecule has 1 heterocycles. The van der Waals surface area contributed by atoms with Crippen LogP contribution in [0, 0.1) is 0 Å². The van der Waals surface area contributed by atoms with Crippen LogP contribution in [0.3, 0.4) is 0 Å². The molecule has 1 aromatic carbocycles. The Labute approximate surface area is 95.2 Å². The minimum Gasteiger partial charge on any atom is -0.465 e. The molecule has 0 atom stereocenters. The number of pyridine rings is 1. The number of hydrogen-bond donors (Lipinski definition) is 0. The third-order valence-corrected chi connectivity index (χ3v) is 2.60. The van der Waals surface area contributed by atoms with Crippen LogP contribution < -0.4 is 0 Å². The van der Waals surface area contributed by atoms with Crippen LogP contribution in [0.2, 0.25) is 0 Å². The second kappa shape index (κ2) is 3.98. The minimum absolute atomic E-state index is 0.347. The second-order valence-corrected chi connectivity index (χ2v) is 3.93. The summed E-state index contributed by atoms with van der Waals surface area (Å²) in [6.07, 6.45) is 1.60. The van der Waals surface area contributed by atoms with Gasteiger partial charge < -0.3 is 4.74 Å². The molecular weight excluding hydrogens is 258 g/mol. The standard InChI is InChI=1S/C11H8BrNO2/c1-15-11(14)8-4-5-13-10-3-2-7(12)6-9(8)10/h2-6H,1H3. The molecule has 0 fully saturated rings. The summed E-state index contributed by atoms with van der Waals surface area (Å²) in [5.41, 5.74) is 1.31. The quantitative estimate of drug-likeness (QED) is 0.745. The molecule has 0 unspecified atom stereocenters. The molecule has 0 radical (unpaired) electrons. The van der Waals surface area contributed by atoms with Crippen LogP contribution in [0.4, 0.5) is 0 Å². The highest BCUT2D eigenvalue weighted by molar-refractivity contribution is 9.10. The molecule has 0 saturated carbocycles. The first-order chi connectivity index (χ1) is 7.22. The van der Waals surface area contributed by atoms with Crippen LogP contribution >= 0.6 is 15.9 Å². The van der Waals surface area contributed by atoms with Crippen molar-refractivity contribution in [1.82, 2.24) is 4.98 Å². The monoisotopic (exact) mass is 265 g/mol. The molecule has 0 bridgehead atoms. The number of methoxy groups -OCH3 is 1. The van der Waals surface area contributed by atoms with Crippen molar-refractivity contribution < 1.29 is 9.53 Å². The van der Waals surface area contributed by atoms with E-state index in [9.17, 15) is 4.79 Å². The van der Waals surface area contributed by atoms with E-state index in [0.29, 0.717) is 5.56 Å². The van der Waals surface area contributed by atoms with Gasteiger partial charge in [0.2, 0.25) is 0 Å². The summed E-state index contributed by atoms with van der Waals surface area (Å²) < 4.78 is 5.61. The van der Waals surface area contributed by atoms with Crippen molar-refractivity contribution >= 4 is 32.8 Å². The first kappa shape index (κ1) is 10.1. The van der Waals surface area contributed by atoms with E-state index in [0.717, 1.165) is 15.4 Å². The average Bonchev–Trinajstić information content (AvgIpc) is 2.27. The third-order valence-electron chi connectivity index (χ3n) is 2.11. The molecule has 0 spiro atoms. The van der Waals surface area contributed by atoms with Crippen molar-refractivity contribution in [3.8, 4) is 0 Å². The number of fused-ring (bicyclic) bond motifs is 1. The fourth-order valence-corrected chi connectivity index (χ4v) is 1.77. The van der Waals surface area contributed by atoms with Gasteiger partial charge in [0.15, 0.2) is 0 Å². The first-order valence-corrected chi connectivity index (χ1v) is 5.14. The number of rotatable bonds is 1. The zero-order chi connectivity index (χ0) is 10.8. The molecular formula is C11H8BrNO2. The maximum Gasteiger partial charge on any atom is 0.338 e. The largest absolute Gasteiger partial charge is 0.465 e. The number of nitrogens with zero attached hydrogens (tertiary/aromatic N) is 1. The lowest BCUT2D eigenvalue weighted by molar-refractivity contribution is 0.0603. The number of aromatic nitrogens is 1.